The molecule has 1 aliphatic heterocycles. The highest BCUT2D eigenvalue weighted by Gasteiger charge is 2.27. The Bertz CT molecular complexity index is 618. The lowest BCUT2D eigenvalue weighted by Gasteiger charge is -2.29. The molecule has 1 aliphatic rings. The number of aromatic hydroxyl groups is 1. The van der Waals surface area contributed by atoms with E-state index in [0.29, 0.717) is 5.75 Å². The third-order valence-electron chi connectivity index (χ3n) is 4.18. The summed E-state index contributed by atoms with van der Waals surface area (Å²) in [5, 5.41) is 10.3. The Hall–Kier alpha value is -1.32. The van der Waals surface area contributed by atoms with Gasteiger partial charge in [0.05, 0.1) is 6.04 Å². The molecule has 0 bridgehead atoms. The van der Waals surface area contributed by atoms with Crippen LogP contribution in [0.3, 0.4) is 0 Å². The van der Waals surface area contributed by atoms with Crippen LogP contribution in [0, 0.1) is 6.92 Å². The summed E-state index contributed by atoms with van der Waals surface area (Å²) in [4.78, 5) is 2.46. The summed E-state index contributed by atoms with van der Waals surface area (Å²) in [6.45, 7) is 4.28. The maximum absolute atomic E-state index is 10.3. The smallest absolute Gasteiger partial charge is 0.120 e. The lowest BCUT2D eigenvalue weighted by atomic mass is 9.96. The molecule has 21 heavy (non-hydrogen) atoms. The molecule has 0 amide bonds. The minimum absolute atomic E-state index is 0.130. The fraction of sp³-hybridized carbons (Fsp3) is 0.333. The number of aryl methyl sites for hydroxylation is 1. The van der Waals surface area contributed by atoms with Crippen LogP contribution in [0.2, 0.25) is 0 Å². The van der Waals surface area contributed by atoms with Gasteiger partial charge in [-0.25, -0.2) is 0 Å². The van der Waals surface area contributed by atoms with E-state index in [9.17, 15) is 5.11 Å². The summed E-state index contributed by atoms with van der Waals surface area (Å²) >= 11 is 3.53. The standard InChI is InChI=1S/C18H20BrNO/c1-13-4-6-14(7-5-13)18(20-10-2-3-11-20)16-12-15(19)8-9-17(16)21/h4-9,12,18,21H,2-3,10-11H2,1H3. The van der Waals surface area contributed by atoms with Crippen molar-refractivity contribution in [3.8, 4) is 5.75 Å². The number of hydrogen-bond acceptors (Lipinski definition) is 2. The first-order valence-corrected chi connectivity index (χ1v) is 8.23. The maximum atomic E-state index is 10.3. The van der Waals surface area contributed by atoms with Gasteiger partial charge in [0.1, 0.15) is 5.75 Å². The van der Waals surface area contributed by atoms with Crippen LogP contribution in [0.5, 0.6) is 5.75 Å². The van der Waals surface area contributed by atoms with Crippen LogP contribution in [-0.4, -0.2) is 23.1 Å². The predicted octanol–water partition coefficient (Wildman–Crippen LogP) is 4.65. The minimum atomic E-state index is 0.130. The van der Waals surface area contributed by atoms with Crippen LogP contribution >= 0.6 is 15.9 Å². The zero-order valence-corrected chi connectivity index (χ0v) is 13.8. The number of likely N-dealkylation sites (tertiary alicyclic amines) is 1. The largest absolute Gasteiger partial charge is 0.508 e. The molecule has 1 heterocycles. The monoisotopic (exact) mass is 345 g/mol. The van der Waals surface area contributed by atoms with E-state index in [-0.39, 0.29) is 6.04 Å². The molecule has 3 heteroatoms. The predicted molar refractivity (Wildman–Crippen MR) is 89.6 cm³/mol. The van der Waals surface area contributed by atoms with Crippen molar-refractivity contribution < 1.29 is 5.11 Å². The molecule has 110 valence electrons. The van der Waals surface area contributed by atoms with Crippen molar-refractivity contribution in [2.75, 3.05) is 13.1 Å². The van der Waals surface area contributed by atoms with E-state index in [4.69, 9.17) is 0 Å². The molecule has 2 nitrogen and oxygen atoms in total. The zero-order chi connectivity index (χ0) is 14.8. The van der Waals surface area contributed by atoms with Crippen molar-refractivity contribution in [3.63, 3.8) is 0 Å². The van der Waals surface area contributed by atoms with Crippen LogP contribution in [0.1, 0.15) is 35.6 Å². The van der Waals surface area contributed by atoms with E-state index in [1.54, 1.807) is 6.07 Å². The van der Waals surface area contributed by atoms with Gasteiger partial charge in [0.2, 0.25) is 0 Å². The summed E-state index contributed by atoms with van der Waals surface area (Å²) in [5.74, 6) is 0.371. The Balaban J connectivity index is 2.07. The van der Waals surface area contributed by atoms with Gasteiger partial charge in [-0.3, -0.25) is 4.90 Å². The van der Waals surface area contributed by atoms with Crippen molar-refractivity contribution >= 4 is 15.9 Å². The molecule has 0 radical (unpaired) electrons. The average Bonchev–Trinajstić information content (AvgIpc) is 2.99. The van der Waals surface area contributed by atoms with Gasteiger partial charge in [-0.1, -0.05) is 45.8 Å². The van der Waals surface area contributed by atoms with E-state index in [2.05, 4.69) is 52.0 Å². The molecule has 1 atom stereocenters. The summed E-state index contributed by atoms with van der Waals surface area (Å²) in [7, 11) is 0. The number of benzene rings is 2. The SMILES string of the molecule is Cc1ccc(C(c2cc(Br)ccc2O)N2CCCC2)cc1. The van der Waals surface area contributed by atoms with Crippen molar-refractivity contribution in [1.82, 2.24) is 4.90 Å². The second kappa shape index (κ2) is 6.20. The lowest BCUT2D eigenvalue weighted by Crippen LogP contribution is -2.26. The second-order valence-electron chi connectivity index (χ2n) is 5.76. The molecule has 2 aromatic carbocycles. The van der Waals surface area contributed by atoms with E-state index in [1.165, 1.54) is 24.0 Å². The number of nitrogens with zero attached hydrogens (tertiary/aromatic N) is 1. The molecule has 0 aliphatic carbocycles. The highest BCUT2D eigenvalue weighted by Crippen LogP contribution is 2.37. The molecule has 1 unspecified atom stereocenters. The van der Waals surface area contributed by atoms with Crippen LogP contribution < -0.4 is 0 Å². The van der Waals surface area contributed by atoms with Gasteiger partial charge >= 0.3 is 0 Å². The average molecular weight is 346 g/mol. The Morgan fingerprint density at radius 2 is 1.71 bits per heavy atom. The van der Waals surface area contributed by atoms with Crippen molar-refractivity contribution in [3.05, 3.63) is 63.6 Å². The van der Waals surface area contributed by atoms with Crippen molar-refractivity contribution in [2.24, 2.45) is 0 Å². The van der Waals surface area contributed by atoms with Crippen LogP contribution in [0.25, 0.3) is 0 Å². The number of phenols is 1. The van der Waals surface area contributed by atoms with Gasteiger partial charge in [-0.2, -0.15) is 0 Å². The molecule has 0 aromatic heterocycles. The van der Waals surface area contributed by atoms with Gasteiger partial charge in [0.25, 0.3) is 0 Å². The molecule has 0 saturated carbocycles. The Morgan fingerprint density at radius 1 is 1.05 bits per heavy atom. The fourth-order valence-corrected chi connectivity index (χ4v) is 3.46. The summed E-state index contributed by atoms with van der Waals surface area (Å²) in [5.41, 5.74) is 3.49. The molecule has 3 rings (SSSR count). The van der Waals surface area contributed by atoms with E-state index in [0.717, 1.165) is 23.1 Å². The van der Waals surface area contributed by atoms with Gasteiger partial charge in [-0.15, -0.1) is 0 Å². The number of hydrogen-bond donors (Lipinski definition) is 1. The van der Waals surface area contributed by atoms with Gasteiger partial charge in [-0.05, 0) is 56.6 Å². The maximum Gasteiger partial charge on any atom is 0.120 e. The van der Waals surface area contributed by atoms with Gasteiger partial charge in [0, 0.05) is 10.0 Å². The van der Waals surface area contributed by atoms with Crippen molar-refractivity contribution in [1.29, 1.82) is 0 Å². The molecule has 1 fully saturated rings. The van der Waals surface area contributed by atoms with E-state index in [1.807, 2.05) is 12.1 Å². The quantitative estimate of drug-likeness (QED) is 0.875. The first-order valence-electron chi connectivity index (χ1n) is 7.44. The highest BCUT2D eigenvalue weighted by atomic mass is 79.9. The molecular formula is C18H20BrNO. The van der Waals surface area contributed by atoms with Crippen molar-refractivity contribution in [2.45, 2.75) is 25.8 Å². The van der Waals surface area contributed by atoms with Crippen LogP contribution in [0.15, 0.2) is 46.9 Å². The number of phenolic OH excluding ortho intramolecular Hbond substituents is 1. The second-order valence-corrected chi connectivity index (χ2v) is 6.68. The Morgan fingerprint density at radius 3 is 2.38 bits per heavy atom. The molecule has 1 saturated heterocycles. The summed E-state index contributed by atoms with van der Waals surface area (Å²) in [6, 6.07) is 14.5. The first kappa shape index (κ1) is 14.6. The molecule has 2 aromatic rings. The summed E-state index contributed by atoms with van der Waals surface area (Å²) in [6.07, 6.45) is 2.47. The van der Waals surface area contributed by atoms with Gasteiger partial charge < -0.3 is 5.11 Å². The fourth-order valence-electron chi connectivity index (χ4n) is 3.08. The molecule has 0 spiro atoms. The normalized spacial score (nSPS) is 17.0. The Kier molecular flexibility index (Phi) is 4.32. The number of halogens is 1. The molecular weight excluding hydrogens is 326 g/mol. The van der Waals surface area contributed by atoms with Gasteiger partial charge in [0.15, 0.2) is 0 Å². The topological polar surface area (TPSA) is 23.5 Å². The third kappa shape index (κ3) is 3.14. The summed E-state index contributed by atoms with van der Waals surface area (Å²) < 4.78 is 1.01. The highest BCUT2D eigenvalue weighted by molar-refractivity contribution is 9.10. The van der Waals surface area contributed by atoms with Crippen LogP contribution in [0.4, 0.5) is 0 Å². The van der Waals surface area contributed by atoms with E-state index < -0.39 is 0 Å². The minimum Gasteiger partial charge on any atom is -0.508 e. The number of rotatable bonds is 3. The first-order chi connectivity index (χ1) is 10.1. The molecule has 1 N–H and O–H groups in total. The van der Waals surface area contributed by atoms with Crippen LogP contribution in [-0.2, 0) is 0 Å². The third-order valence-corrected chi connectivity index (χ3v) is 4.68. The zero-order valence-electron chi connectivity index (χ0n) is 12.2. The lowest BCUT2D eigenvalue weighted by molar-refractivity contribution is 0.275. The Labute approximate surface area is 134 Å². The van der Waals surface area contributed by atoms with E-state index >= 15 is 0 Å².